The Balaban J connectivity index is 2.30. The minimum absolute atomic E-state index is 0.0839. The molecule has 1 rings (SSSR count). The fraction of sp³-hybridized carbons (Fsp3) is 0.900. The van der Waals surface area contributed by atoms with E-state index in [1.165, 1.54) is 19.3 Å². The summed E-state index contributed by atoms with van der Waals surface area (Å²) in [5.41, 5.74) is 0.369. The Kier molecular flexibility index (Phi) is 3.05. The maximum absolute atomic E-state index is 11.5. The van der Waals surface area contributed by atoms with Crippen molar-refractivity contribution in [2.45, 2.75) is 44.4 Å². The number of rotatable bonds is 3. The van der Waals surface area contributed by atoms with Gasteiger partial charge in [-0.2, -0.15) is 0 Å². The number of carbonyl (C=O) groups is 1. The van der Waals surface area contributed by atoms with Crippen molar-refractivity contribution in [1.82, 2.24) is 5.32 Å². The van der Waals surface area contributed by atoms with Gasteiger partial charge in [-0.3, -0.25) is 4.79 Å². The average Bonchev–Trinajstić information content (AvgIpc) is 1.94. The van der Waals surface area contributed by atoms with E-state index >= 15 is 0 Å². The third kappa shape index (κ3) is 2.97. The average molecular weight is 248 g/mol. The minimum atomic E-state index is -0.437. The van der Waals surface area contributed by atoms with Crippen LogP contribution >= 0.6 is 15.9 Å². The highest BCUT2D eigenvalue weighted by atomic mass is 79.9. The summed E-state index contributed by atoms with van der Waals surface area (Å²) in [4.78, 5) is 11.5. The van der Waals surface area contributed by atoms with Crippen molar-refractivity contribution in [3.8, 4) is 0 Å². The SMILES string of the molecule is CC1(CNC(=O)C(C)(C)Br)CCC1. The molecular formula is C10H18BrNO. The summed E-state index contributed by atoms with van der Waals surface area (Å²) in [6, 6.07) is 0. The number of nitrogens with one attached hydrogen (secondary N) is 1. The predicted octanol–water partition coefficient (Wildman–Crippen LogP) is 2.47. The molecule has 1 amide bonds. The molecule has 1 aliphatic carbocycles. The Bertz CT molecular complexity index is 203. The lowest BCUT2D eigenvalue weighted by molar-refractivity contribution is -0.123. The maximum Gasteiger partial charge on any atom is 0.236 e. The van der Waals surface area contributed by atoms with Gasteiger partial charge in [0, 0.05) is 6.54 Å². The Morgan fingerprint density at radius 2 is 2.08 bits per heavy atom. The molecule has 0 atom stereocenters. The second-order valence-electron chi connectivity index (χ2n) is 4.82. The highest BCUT2D eigenvalue weighted by molar-refractivity contribution is 9.10. The van der Waals surface area contributed by atoms with Crippen molar-refractivity contribution in [2.24, 2.45) is 5.41 Å². The van der Waals surface area contributed by atoms with Gasteiger partial charge in [-0.15, -0.1) is 0 Å². The molecule has 2 nitrogen and oxygen atoms in total. The fourth-order valence-electron chi connectivity index (χ4n) is 1.46. The molecule has 1 N–H and O–H groups in total. The predicted molar refractivity (Wildman–Crippen MR) is 58.0 cm³/mol. The molecule has 3 heteroatoms. The Morgan fingerprint density at radius 1 is 1.54 bits per heavy atom. The highest BCUT2D eigenvalue weighted by Gasteiger charge is 2.33. The lowest BCUT2D eigenvalue weighted by Crippen LogP contribution is -2.45. The summed E-state index contributed by atoms with van der Waals surface area (Å²) in [6.07, 6.45) is 3.80. The molecule has 0 unspecified atom stereocenters. The Hall–Kier alpha value is -0.0500. The zero-order valence-electron chi connectivity index (χ0n) is 8.61. The zero-order valence-corrected chi connectivity index (χ0v) is 10.2. The Labute approximate surface area is 88.6 Å². The molecule has 13 heavy (non-hydrogen) atoms. The van der Waals surface area contributed by atoms with Crippen LogP contribution in [0.1, 0.15) is 40.0 Å². The number of amides is 1. The fourth-order valence-corrected chi connectivity index (χ4v) is 1.60. The van der Waals surface area contributed by atoms with Crippen molar-refractivity contribution in [1.29, 1.82) is 0 Å². The van der Waals surface area contributed by atoms with Gasteiger partial charge in [0.2, 0.25) is 5.91 Å². The standard InChI is InChI=1S/C10H18BrNO/c1-9(2,11)8(13)12-7-10(3)5-4-6-10/h4-7H2,1-3H3,(H,12,13). The van der Waals surface area contributed by atoms with Gasteiger partial charge in [0.1, 0.15) is 0 Å². The van der Waals surface area contributed by atoms with E-state index in [0.29, 0.717) is 5.41 Å². The molecule has 0 spiro atoms. The lowest BCUT2D eigenvalue weighted by atomic mass is 9.70. The van der Waals surface area contributed by atoms with E-state index in [2.05, 4.69) is 28.2 Å². The van der Waals surface area contributed by atoms with Crippen LogP contribution in [0, 0.1) is 5.41 Å². The monoisotopic (exact) mass is 247 g/mol. The molecule has 1 aliphatic rings. The van der Waals surface area contributed by atoms with Crippen LogP contribution in [-0.4, -0.2) is 16.8 Å². The smallest absolute Gasteiger partial charge is 0.236 e. The van der Waals surface area contributed by atoms with Crippen LogP contribution in [-0.2, 0) is 4.79 Å². The maximum atomic E-state index is 11.5. The lowest BCUT2D eigenvalue weighted by Gasteiger charge is -2.38. The molecule has 0 aromatic carbocycles. The molecule has 0 radical (unpaired) electrons. The molecule has 0 aromatic rings. The van der Waals surface area contributed by atoms with Gasteiger partial charge in [0.15, 0.2) is 0 Å². The summed E-state index contributed by atoms with van der Waals surface area (Å²) in [7, 11) is 0. The third-order valence-corrected chi connectivity index (χ3v) is 3.14. The van der Waals surface area contributed by atoms with Gasteiger partial charge in [0.05, 0.1) is 4.32 Å². The van der Waals surface area contributed by atoms with Gasteiger partial charge >= 0.3 is 0 Å². The third-order valence-electron chi connectivity index (χ3n) is 2.78. The largest absolute Gasteiger partial charge is 0.354 e. The first-order valence-electron chi connectivity index (χ1n) is 4.81. The van der Waals surface area contributed by atoms with Gasteiger partial charge < -0.3 is 5.32 Å². The molecule has 0 bridgehead atoms. The van der Waals surface area contributed by atoms with E-state index in [9.17, 15) is 4.79 Å². The highest BCUT2D eigenvalue weighted by Crippen LogP contribution is 2.39. The Morgan fingerprint density at radius 3 is 2.38 bits per heavy atom. The van der Waals surface area contributed by atoms with Gasteiger partial charge in [-0.25, -0.2) is 0 Å². The molecule has 1 saturated carbocycles. The summed E-state index contributed by atoms with van der Waals surface area (Å²) in [5.74, 6) is 0.0839. The van der Waals surface area contributed by atoms with E-state index in [0.717, 1.165) is 6.54 Å². The molecule has 0 heterocycles. The first-order valence-corrected chi connectivity index (χ1v) is 5.60. The molecule has 0 aliphatic heterocycles. The van der Waals surface area contributed by atoms with Crippen molar-refractivity contribution in [3.63, 3.8) is 0 Å². The first kappa shape index (κ1) is 11.0. The van der Waals surface area contributed by atoms with Crippen molar-refractivity contribution < 1.29 is 4.79 Å². The van der Waals surface area contributed by atoms with Gasteiger partial charge in [-0.1, -0.05) is 29.3 Å². The number of hydrogen-bond donors (Lipinski definition) is 1. The second kappa shape index (κ2) is 3.60. The minimum Gasteiger partial charge on any atom is -0.354 e. The summed E-state index contributed by atoms with van der Waals surface area (Å²) < 4.78 is -0.437. The van der Waals surface area contributed by atoms with Crippen LogP contribution in [0.15, 0.2) is 0 Å². The topological polar surface area (TPSA) is 29.1 Å². The molecule has 0 aromatic heterocycles. The van der Waals surface area contributed by atoms with E-state index < -0.39 is 4.32 Å². The quantitative estimate of drug-likeness (QED) is 0.764. The normalized spacial score (nSPS) is 20.6. The number of alkyl halides is 1. The van der Waals surface area contributed by atoms with Crippen LogP contribution in [0.5, 0.6) is 0 Å². The number of hydrogen-bond acceptors (Lipinski definition) is 1. The van der Waals surface area contributed by atoms with E-state index in [4.69, 9.17) is 0 Å². The first-order chi connectivity index (χ1) is 5.83. The van der Waals surface area contributed by atoms with Crippen molar-refractivity contribution >= 4 is 21.8 Å². The van der Waals surface area contributed by atoms with E-state index in [1.807, 2.05) is 13.8 Å². The number of carbonyl (C=O) groups excluding carboxylic acids is 1. The second-order valence-corrected chi connectivity index (χ2v) is 6.80. The van der Waals surface area contributed by atoms with Crippen LogP contribution in [0.2, 0.25) is 0 Å². The zero-order chi connectivity index (χ0) is 10.1. The van der Waals surface area contributed by atoms with Gasteiger partial charge in [-0.05, 0) is 32.1 Å². The molecular weight excluding hydrogens is 230 g/mol. The summed E-state index contributed by atoms with van der Waals surface area (Å²) in [5, 5.41) is 2.98. The van der Waals surface area contributed by atoms with Crippen LogP contribution in [0.25, 0.3) is 0 Å². The van der Waals surface area contributed by atoms with E-state index in [-0.39, 0.29) is 5.91 Å². The van der Waals surface area contributed by atoms with Crippen molar-refractivity contribution in [2.75, 3.05) is 6.54 Å². The van der Waals surface area contributed by atoms with Crippen LogP contribution < -0.4 is 5.32 Å². The molecule has 0 saturated heterocycles. The van der Waals surface area contributed by atoms with Crippen molar-refractivity contribution in [3.05, 3.63) is 0 Å². The van der Waals surface area contributed by atoms with Gasteiger partial charge in [0.25, 0.3) is 0 Å². The number of halogens is 1. The molecule has 76 valence electrons. The van der Waals surface area contributed by atoms with Crippen LogP contribution in [0.4, 0.5) is 0 Å². The molecule has 1 fully saturated rings. The summed E-state index contributed by atoms with van der Waals surface area (Å²) >= 11 is 3.34. The van der Waals surface area contributed by atoms with Crippen LogP contribution in [0.3, 0.4) is 0 Å². The summed E-state index contributed by atoms with van der Waals surface area (Å²) in [6.45, 7) is 6.79. The van der Waals surface area contributed by atoms with E-state index in [1.54, 1.807) is 0 Å².